The first kappa shape index (κ1) is 16.6. The third-order valence-corrected chi connectivity index (χ3v) is 3.76. The van der Waals surface area contributed by atoms with Crippen LogP contribution in [0.5, 0.6) is 0 Å². The van der Waals surface area contributed by atoms with Crippen LogP contribution >= 0.6 is 0 Å². The van der Waals surface area contributed by atoms with Gasteiger partial charge in [-0.2, -0.15) is 0 Å². The molecule has 0 atom stereocenters. The molecule has 3 rings (SSSR count). The maximum Gasteiger partial charge on any atom is 0.274 e. The average Bonchev–Trinajstić information content (AvgIpc) is 2.62. The summed E-state index contributed by atoms with van der Waals surface area (Å²) in [5.74, 6) is 0.267. The van der Waals surface area contributed by atoms with Crippen LogP contribution in [0.2, 0.25) is 0 Å². The van der Waals surface area contributed by atoms with E-state index in [0.29, 0.717) is 18.2 Å². The molecule has 0 spiro atoms. The molecule has 1 N–H and O–H groups in total. The molecule has 1 amide bonds. The predicted octanol–water partition coefficient (Wildman–Crippen LogP) is 3.67. The average molecular weight is 332 g/mol. The predicted molar refractivity (Wildman–Crippen MR) is 99.7 cm³/mol. The summed E-state index contributed by atoms with van der Waals surface area (Å²) < 4.78 is 0. The van der Waals surface area contributed by atoms with Crippen LogP contribution in [0.3, 0.4) is 0 Å². The van der Waals surface area contributed by atoms with Crippen molar-refractivity contribution in [3.63, 3.8) is 0 Å². The van der Waals surface area contributed by atoms with E-state index in [4.69, 9.17) is 0 Å². The van der Waals surface area contributed by atoms with Crippen LogP contribution in [-0.2, 0) is 6.54 Å². The smallest absolute Gasteiger partial charge is 0.274 e. The molecule has 25 heavy (non-hydrogen) atoms. The first-order valence-electron chi connectivity index (χ1n) is 8.08. The molecule has 0 saturated carbocycles. The number of anilines is 2. The van der Waals surface area contributed by atoms with E-state index in [1.54, 1.807) is 12.3 Å². The monoisotopic (exact) mass is 332 g/mol. The molecular formula is C20H20N4O. The van der Waals surface area contributed by atoms with E-state index in [1.807, 2.05) is 73.5 Å². The highest BCUT2D eigenvalue weighted by atomic mass is 16.1. The van der Waals surface area contributed by atoms with Crippen LogP contribution in [0.15, 0.2) is 66.9 Å². The third kappa shape index (κ3) is 4.41. The number of rotatable bonds is 5. The Balaban J connectivity index is 1.73. The number of aromatic nitrogens is 2. The lowest BCUT2D eigenvalue weighted by atomic mass is 10.2. The van der Waals surface area contributed by atoms with E-state index in [0.717, 1.165) is 16.8 Å². The van der Waals surface area contributed by atoms with E-state index in [2.05, 4.69) is 15.3 Å². The number of hydrogen-bond donors (Lipinski definition) is 1. The lowest BCUT2D eigenvalue weighted by molar-refractivity contribution is 0.102. The fourth-order valence-corrected chi connectivity index (χ4v) is 2.50. The fraction of sp³-hybridized carbons (Fsp3) is 0.150. The zero-order valence-electron chi connectivity index (χ0n) is 14.3. The number of amides is 1. The molecule has 5 nitrogen and oxygen atoms in total. The number of aryl methyl sites for hydroxylation is 1. The van der Waals surface area contributed by atoms with Gasteiger partial charge in [0.15, 0.2) is 0 Å². The van der Waals surface area contributed by atoms with Gasteiger partial charge in [0.25, 0.3) is 5.91 Å². The lowest BCUT2D eigenvalue weighted by Gasteiger charge is -2.17. The van der Waals surface area contributed by atoms with E-state index >= 15 is 0 Å². The number of benzene rings is 2. The van der Waals surface area contributed by atoms with Gasteiger partial charge in [-0.3, -0.25) is 4.79 Å². The number of carbonyl (C=O) groups is 1. The first-order chi connectivity index (χ1) is 12.1. The summed E-state index contributed by atoms with van der Waals surface area (Å²) in [7, 11) is 1.91. The van der Waals surface area contributed by atoms with Gasteiger partial charge in [0.05, 0.1) is 0 Å². The fourth-order valence-electron chi connectivity index (χ4n) is 2.50. The van der Waals surface area contributed by atoms with Crippen molar-refractivity contribution in [2.45, 2.75) is 13.5 Å². The van der Waals surface area contributed by atoms with Gasteiger partial charge >= 0.3 is 0 Å². The molecule has 0 fully saturated rings. The van der Waals surface area contributed by atoms with Crippen molar-refractivity contribution >= 4 is 17.5 Å². The van der Waals surface area contributed by atoms with Crippen LogP contribution in [0.1, 0.15) is 21.6 Å². The molecule has 3 aromatic rings. The van der Waals surface area contributed by atoms with E-state index in [1.165, 1.54) is 0 Å². The van der Waals surface area contributed by atoms with Crippen LogP contribution in [0, 0.1) is 6.92 Å². The minimum atomic E-state index is -0.248. The van der Waals surface area contributed by atoms with E-state index < -0.39 is 0 Å². The van der Waals surface area contributed by atoms with E-state index in [9.17, 15) is 4.79 Å². The quantitative estimate of drug-likeness (QED) is 0.774. The summed E-state index contributed by atoms with van der Waals surface area (Å²) in [4.78, 5) is 23.0. The number of nitrogens with one attached hydrogen (secondary N) is 1. The van der Waals surface area contributed by atoms with Gasteiger partial charge in [0, 0.05) is 25.5 Å². The summed E-state index contributed by atoms with van der Waals surface area (Å²) in [5.41, 5.74) is 3.33. The Morgan fingerprint density at radius 2 is 1.88 bits per heavy atom. The summed E-state index contributed by atoms with van der Waals surface area (Å²) in [6, 6.07) is 19.3. The van der Waals surface area contributed by atoms with Gasteiger partial charge in [-0.25, -0.2) is 9.97 Å². The zero-order chi connectivity index (χ0) is 17.6. The van der Waals surface area contributed by atoms with Gasteiger partial charge in [-0.05, 0) is 36.2 Å². The zero-order valence-corrected chi connectivity index (χ0v) is 14.3. The Labute approximate surface area is 147 Å². The first-order valence-corrected chi connectivity index (χ1v) is 8.08. The molecule has 126 valence electrons. The number of carbonyl (C=O) groups excluding carboxylic acids is 1. The normalized spacial score (nSPS) is 10.3. The van der Waals surface area contributed by atoms with Crippen LogP contribution in [0.4, 0.5) is 11.6 Å². The standard InChI is InChI=1S/C20H20N4O/c1-15-7-6-10-17(13-15)22-19(25)18-11-12-21-20(23-18)24(2)14-16-8-4-3-5-9-16/h3-13H,14H2,1-2H3,(H,22,25). The highest BCUT2D eigenvalue weighted by Crippen LogP contribution is 2.13. The second-order valence-corrected chi connectivity index (χ2v) is 5.91. The second kappa shape index (κ2) is 7.57. The molecule has 0 saturated heterocycles. The summed E-state index contributed by atoms with van der Waals surface area (Å²) in [5, 5.41) is 2.87. The van der Waals surface area contributed by atoms with Crippen molar-refractivity contribution in [3.05, 3.63) is 83.7 Å². The second-order valence-electron chi connectivity index (χ2n) is 5.91. The highest BCUT2D eigenvalue weighted by molar-refractivity contribution is 6.03. The minimum Gasteiger partial charge on any atom is -0.340 e. The molecular weight excluding hydrogens is 312 g/mol. The van der Waals surface area contributed by atoms with Crippen LogP contribution in [-0.4, -0.2) is 22.9 Å². The molecule has 0 unspecified atom stereocenters. The van der Waals surface area contributed by atoms with E-state index in [-0.39, 0.29) is 5.91 Å². The Morgan fingerprint density at radius 1 is 1.08 bits per heavy atom. The summed E-state index contributed by atoms with van der Waals surface area (Å²) in [6.45, 7) is 2.65. The number of hydrogen-bond acceptors (Lipinski definition) is 4. The van der Waals surface area contributed by atoms with Gasteiger partial charge in [-0.15, -0.1) is 0 Å². The molecule has 1 aromatic heterocycles. The lowest BCUT2D eigenvalue weighted by Crippen LogP contribution is -2.21. The van der Waals surface area contributed by atoms with Crippen molar-refractivity contribution in [3.8, 4) is 0 Å². The number of nitrogens with zero attached hydrogens (tertiary/aromatic N) is 3. The van der Waals surface area contributed by atoms with Crippen molar-refractivity contribution in [1.29, 1.82) is 0 Å². The summed E-state index contributed by atoms with van der Waals surface area (Å²) in [6.07, 6.45) is 1.61. The Kier molecular flexibility index (Phi) is 5.04. The Bertz CT molecular complexity index is 864. The molecule has 0 bridgehead atoms. The molecule has 0 aliphatic heterocycles. The Morgan fingerprint density at radius 3 is 2.64 bits per heavy atom. The molecule has 0 aliphatic carbocycles. The molecule has 5 heteroatoms. The summed E-state index contributed by atoms with van der Waals surface area (Å²) >= 11 is 0. The topological polar surface area (TPSA) is 58.1 Å². The van der Waals surface area contributed by atoms with Gasteiger partial charge in [0.1, 0.15) is 5.69 Å². The van der Waals surface area contributed by atoms with Crippen molar-refractivity contribution < 1.29 is 4.79 Å². The highest BCUT2D eigenvalue weighted by Gasteiger charge is 2.12. The molecule has 2 aromatic carbocycles. The van der Waals surface area contributed by atoms with Crippen molar-refractivity contribution in [2.75, 3.05) is 17.3 Å². The molecule has 0 radical (unpaired) electrons. The van der Waals surface area contributed by atoms with Crippen molar-refractivity contribution in [2.24, 2.45) is 0 Å². The molecule has 0 aliphatic rings. The van der Waals surface area contributed by atoms with Gasteiger partial charge in [-0.1, -0.05) is 42.5 Å². The van der Waals surface area contributed by atoms with Crippen LogP contribution < -0.4 is 10.2 Å². The largest absolute Gasteiger partial charge is 0.340 e. The minimum absolute atomic E-state index is 0.248. The van der Waals surface area contributed by atoms with Crippen LogP contribution in [0.25, 0.3) is 0 Å². The Hall–Kier alpha value is -3.21. The SMILES string of the molecule is Cc1cccc(NC(=O)c2ccnc(N(C)Cc3ccccc3)n2)c1. The van der Waals surface area contributed by atoms with Crippen molar-refractivity contribution in [1.82, 2.24) is 9.97 Å². The maximum atomic E-state index is 12.4. The van der Waals surface area contributed by atoms with Gasteiger partial charge < -0.3 is 10.2 Å². The molecule has 1 heterocycles. The third-order valence-electron chi connectivity index (χ3n) is 3.76. The maximum absolute atomic E-state index is 12.4. The van der Waals surface area contributed by atoms with Gasteiger partial charge in [0.2, 0.25) is 5.95 Å².